The average molecular weight is 406 g/mol. The van der Waals surface area contributed by atoms with E-state index in [2.05, 4.69) is 9.71 Å². The summed E-state index contributed by atoms with van der Waals surface area (Å²) in [7, 11) is -2.25. The normalized spacial score (nSPS) is 11.3. The molecular formula is C18H15FN2O4S2. The van der Waals surface area contributed by atoms with Crippen LogP contribution in [0.4, 0.5) is 4.39 Å². The van der Waals surface area contributed by atoms with Gasteiger partial charge >= 0.3 is 5.97 Å². The van der Waals surface area contributed by atoms with Gasteiger partial charge in [0.05, 0.1) is 16.2 Å². The van der Waals surface area contributed by atoms with E-state index in [-0.39, 0.29) is 22.9 Å². The molecular weight excluding hydrogens is 391 g/mol. The first-order valence-corrected chi connectivity index (χ1v) is 10.2. The van der Waals surface area contributed by atoms with Crippen LogP contribution in [0.2, 0.25) is 0 Å². The third kappa shape index (κ3) is 4.57. The number of benzene rings is 2. The van der Waals surface area contributed by atoms with Crippen molar-refractivity contribution >= 4 is 27.3 Å². The molecule has 140 valence electrons. The second-order valence-corrected chi connectivity index (χ2v) is 8.20. The zero-order valence-corrected chi connectivity index (χ0v) is 15.8. The van der Waals surface area contributed by atoms with Gasteiger partial charge in [0.15, 0.2) is 0 Å². The van der Waals surface area contributed by atoms with E-state index in [9.17, 15) is 17.6 Å². The Bertz CT molecular complexity index is 1050. The van der Waals surface area contributed by atoms with Crippen LogP contribution in [0.25, 0.3) is 10.6 Å². The zero-order valence-electron chi connectivity index (χ0n) is 14.2. The Morgan fingerprint density at radius 3 is 2.44 bits per heavy atom. The lowest BCUT2D eigenvalue weighted by molar-refractivity contribution is 0.0468. The van der Waals surface area contributed by atoms with Gasteiger partial charge in [0.2, 0.25) is 10.0 Å². The van der Waals surface area contributed by atoms with Gasteiger partial charge in [0.25, 0.3) is 0 Å². The summed E-state index contributed by atoms with van der Waals surface area (Å²) in [5.41, 5.74) is 1.58. The molecule has 0 amide bonds. The van der Waals surface area contributed by atoms with Crippen molar-refractivity contribution in [2.24, 2.45) is 0 Å². The maximum Gasteiger partial charge on any atom is 0.338 e. The van der Waals surface area contributed by atoms with Crippen molar-refractivity contribution in [1.29, 1.82) is 0 Å². The van der Waals surface area contributed by atoms with E-state index in [0.29, 0.717) is 10.7 Å². The molecule has 0 unspecified atom stereocenters. The molecule has 1 aromatic heterocycles. The van der Waals surface area contributed by atoms with Crippen LogP contribution < -0.4 is 4.72 Å². The molecule has 0 radical (unpaired) electrons. The molecule has 9 heteroatoms. The van der Waals surface area contributed by atoms with Crippen LogP contribution in [0, 0.1) is 5.82 Å². The van der Waals surface area contributed by atoms with E-state index >= 15 is 0 Å². The maximum atomic E-state index is 13.0. The van der Waals surface area contributed by atoms with Crippen molar-refractivity contribution in [3.63, 3.8) is 0 Å². The Kier molecular flexibility index (Phi) is 5.64. The highest BCUT2D eigenvalue weighted by Crippen LogP contribution is 2.24. The summed E-state index contributed by atoms with van der Waals surface area (Å²) in [6.07, 6.45) is 0. The van der Waals surface area contributed by atoms with Gasteiger partial charge in [0.1, 0.15) is 17.4 Å². The Morgan fingerprint density at radius 2 is 1.81 bits per heavy atom. The minimum Gasteiger partial charge on any atom is -0.456 e. The number of thiazole rings is 1. The molecule has 0 saturated carbocycles. The predicted molar refractivity (Wildman–Crippen MR) is 99.3 cm³/mol. The van der Waals surface area contributed by atoms with Crippen LogP contribution in [-0.4, -0.2) is 26.4 Å². The molecule has 2 aromatic carbocycles. The van der Waals surface area contributed by atoms with Gasteiger partial charge in [-0.2, -0.15) is 0 Å². The summed E-state index contributed by atoms with van der Waals surface area (Å²) in [6.45, 7) is -0.0207. The number of esters is 1. The summed E-state index contributed by atoms with van der Waals surface area (Å²) < 4.78 is 43.7. The van der Waals surface area contributed by atoms with Crippen LogP contribution >= 0.6 is 11.3 Å². The Balaban J connectivity index is 1.63. The summed E-state index contributed by atoms with van der Waals surface area (Å²) in [4.78, 5) is 16.5. The highest BCUT2D eigenvalue weighted by Gasteiger charge is 2.14. The van der Waals surface area contributed by atoms with Crippen molar-refractivity contribution in [1.82, 2.24) is 9.71 Å². The van der Waals surface area contributed by atoms with Gasteiger partial charge < -0.3 is 4.74 Å². The second kappa shape index (κ2) is 7.95. The molecule has 1 N–H and O–H groups in total. The molecule has 0 aliphatic carbocycles. The number of carbonyl (C=O) groups excluding carboxylic acids is 1. The number of nitrogens with one attached hydrogen (secondary N) is 1. The Hall–Kier alpha value is -2.62. The molecule has 1 heterocycles. The molecule has 0 saturated heterocycles. The predicted octanol–water partition coefficient (Wildman–Crippen LogP) is 3.21. The van der Waals surface area contributed by atoms with Crippen molar-refractivity contribution in [3.05, 3.63) is 71.0 Å². The van der Waals surface area contributed by atoms with E-state index in [1.807, 2.05) is 0 Å². The monoisotopic (exact) mass is 406 g/mol. The second-order valence-electron chi connectivity index (χ2n) is 5.46. The summed E-state index contributed by atoms with van der Waals surface area (Å²) in [5, 5.41) is 2.46. The molecule has 6 nitrogen and oxygen atoms in total. The minimum absolute atomic E-state index is 0.0207. The van der Waals surface area contributed by atoms with Crippen molar-refractivity contribution in [3.8, 4) is 10.6 Å². The largest absolute Gasteiger partial charge is 0.456 e. The lowest BCUT2D eigenvalue weighted by atomic mass is 10.2. The molecule has 3 aromatic rings. The van der Waals surface area contributed by atoms with Gasteiger partial charge in [-0.15, -0.1) is 11.3 Å². The van der Waals surface area contributed by atoms with Gasteiger partial charge in [0, 0.05) is 10.9 Å². The van der Waals surface area contributed by atoms with Crippen LogP contribution in [0.1, 0.15) is 16.1 Å². The van der Waals surface area contributed by atoms with E-state index in [0.717, 1.165) is 5.56 Å². The Morgan fingerprint density at radius 1 is 1.15 bits per heavy atom. The van der Waals surface area contributed by atoms with Gasteiger partial charge in [-0.25, -0.2) is 27.3 Å². The van der Waals surface area contributed by atoms with E-state index in [1.54, 1.807) is 17.5 Å². The van der Waals surface area contributed by atoms with E-state index < -0.39 is 16.0 Å². The molecule has 0 atom stereocenters. The topological polar surface area (TPSA) is 85.4 Å². The fraction of sp³-hybridized carbons (Fsp3) is 0.111. The van der Waals surface area contributed by atoms with E-state index in [4.69, 9.17) is 4.74 Å². The first kappa shape index (κ1) is 19.2. The number of hydrogen-bond acceptors (Lipinski definition) is 6. The quantitative estimate of drug-likeness (QED) is 0.636. The van der Waals surface area contributed by atoms with Gasteiger partial charge in [-0.3, -0.25) is 0 Å². The Labute approximate surface area is 159 Å². The van der Waals surface area contributed by atoms with Gasteiger partial charge in [-0.1, -0.05) is 0 Å². The molecule has 0 bridgehead atoms. The highest BCUT2D eigenvalue weighted by atomic mass is 32.2. The SMILES string of the molecule is CNS(=O)(=O)c1ccc(C(=O)OCc2csc(-c3ccc(F)cc3)n2)cc1. The van der Waals surface area contributed by atoms with Gasteiger partial charge in [-0.05, 0) is 55.6 Å². The van der Waals surface area contributed by atoms with Crippen molar-refractivity contribution < 1.29 is 22.3 Å². The molecule has 27 heavy (non-hydrogen) atoms. The van der Waals surface area contributed by atoms with Crippen LogP contribution in [0.5, 0.6) is 0 Å². The average Bonchev–Trinajstić information content (AvgIpc) is 3.16. The number of halogens is 1. The zero-order chi connectivity index (χ0) is 19.4. The smallest absolute Gasteiger partial charge is 0.338 e. The van der Waals surface area contributed by atoms with E-state index in [1.165, 1.54) is 54.8 Å². The van der Waals surface area contributed by atoms with Crippen molar-refractivity contribution in [2.45, 2.75) is 11.5 Å². The lowest BCUT2D eigenvalue weighted by Gasteiger charge is -2.05. The summed E-state index contributed by atoms with van der Waals surface area (Å²) in [6, 6.07) is 11.4. The molecule has 0 fully saturated rings. The van der Waals surface area contributed by atoms with Crippen LogP contribution in [0.15, 0.2) is 58.8 Å². The fourth-order valence-corrected chi connectivity index (χ4v) is 3.75. The standard InChI is InChI=1S/C18H15FN2O4S2/c1-20-27(23,24)16-8-4-13(5-9-16)18(22)25-10-15-11-26-17(21-15)12-2-6-14(19)7-3-12/h2-9,11,20H,10H2,1H3. The molecule has 0 aliphatic rings. The fourth-order valence-electron chi connectivity index (χ4n) is 2.21. The molecule has 0 spiro atoms. The highest BCUT2D eigenvalue weighted by molar-refractivity contribution is 7.89. The number of rotatable bonds is 6. The third-order valence-corrected chi connectivity index (χ3v) is 6.03. The number of nitrogens with zero attached hydrogens (tertiary/aromatic N) is 1. The third-order valence-electron chi connectivity index (χ3n) is 3.66. The molecule has 3 rings (SSSR count). The molecule has 0 aliphatic heterocycles. The number of ether oxygens (including phenoxy) is 1. The lowest BCUT2D eigenvalue weighted by Crippen LogP contribution is -2.18. The van der Waals surface area contributed by atoms with Crippen molar-refractivity contribution in [2.75, 3.05) is 7.05 Å². The number of sulfonamides is 1. The summed E-state index contributed by atoms with van der Waals surface area (Å²) in [5.74, 6) is -0.905. The minimum atomic E-state index is -3.56. The first-order chi connectivity index (χ1) is 12.9. The summed E-state index contributed by atoms with van der Waals surface area (Å²) >= 11 is 1.36. The maximum absolute atomic E-state index is 13.0. The van der Waals surface area contributed by atoms with Crippen LogP contribution in [0.3, 0.4) is 0 Å². The number of carbonyl (C=O) groups is 1. The van der Waals surface area contributed by atoms with Crippen LogP contribution in [-0.2, 0) is 21.4 Å². The first-order valence-electron chi connectivity index (χ1n) is 7.80. The number of aromatic nitrogens is 1. The number of hydrogen-bond donors (Lipinski definition) is 1.